The third-order valence-electron chi connectivity index (χ3n) is 3.00. The van der Waals surface area contributed by atoms with Crippen LogP contribution in [0.2, 0.25) is 0 Å². The molecule has 1 aromatic heterocycles. The van der Waals surface area contributed by atoms with Gasteiger partial charge in [0.15, 0.2) is 0 Å². The molecule has 0 unspecified atom stereocenters. The zero-order valence-electron chi connectivity index (χ0n) is 11.6. The van der Waals surface area contributed by atoms with Gasteiger partial charge < -0.3 is 10.1 Å². The summed E-state index contributed by atoms with van der Waals surface area (Å²) < 4.78 is 13.8. The van der Waals surface area contributed by atoms with Gasteiger partial charge in [0.05, 0.1) is 11.7 Å². The molecule has 1 N–H and O–H groups in total. The van der Waals surface area contributed by atoms with Crippen molar-refractivity contribution < 1.29 is 4.74 Å². The molecule has 0 amide bonds. The number of piperidine rings is 1. The van der Waals surface area contributed by atoms with E-state index in [2.05, 4.69) is 41.8 Å². The van der Waals surface area contributed by atoms with Crippen LogP contribution in [0.1, 0.15) is 46.2 Å². The average molecular weight is 303 g/mol. The lowest BCUT2D eigenvalue weighted by Crippen LogP contribution is -2.60. The second kappa shape index (κ2) is 5.61. The third-order valence-corrected chi connectivity index (χ3v) is 3.51. The third kappa shape index (κ3) is 4.03. The summed E-state index contributed by atoms with van der Waals surface area (Å²) in [5, 5.41) is 12.5. The Labute approximate surface area is 124 Å². The normalized spacial score (nSPS) is 21.2. The molecule has 1 fully saturated rings. The molecule has 0 radical (unpaired) electrons. The summed E-state index contributed by atoms with van der Waals surface area (Å²) in [6.45, 7) is 8.65. The fraction of sp³-hybridized carbons (Fsp3) is 0.750. The van der Waals surface area contributed by atoms with Crippen molar-refractivity contribution in [3.05, 3.63) is 5.69 Å². The number of ether oxygens (including phenoxy) is 1. The summed E-state index contributed by atoms with van der Waals surface area (Å²) in [5.41, 5.74) is 0.319. The smallest absolute Gasteiger partial charge is 0.264 e. The zero-order valence-corrected chi connectivity index (χ0v) is 13.2. The van der Waals surface area contributed by atoms with Gasteiger partial charge in [0.1, 0.15) is 12.2 Å². The fourth-order valence-corrected chi connectivity index (χ4v) is 3.24. The minimum absolute atomic E-state index is 0. The van der Waals surface area contributed by atoms with E-state index in [-0.39, 0.29) is 35.3 Å². The van der Waals surface area contributed by atoms with E-state index in [1.165, 1.54) is 0 Å². The summed E-state index contributed by atoms with van der Waals surface area (Å²) in [5.74, 6) is 0.376. The highest BCUT2D eigenvalue weighted by molar-refractivity contribution is 6.99. The molecule has 7 heteroatoms. The molecule has 0 aromatic carbocycles. The number of aromatic nitrogens is 2. The quantitative estimate of drug-likeness (QED) is 0.909. The van der Waals surface area contributed by atoms with Crippen LogP contribution in [-0.4, -0.2) is 25.9 Å². The molecule has 19 heavy (non-hydrogen) atoms. The van der Waals surface area contributed by atoms with Gasteiger partial charge in [-0.1, -0.05) is 0 Å². The molecule has 0 atom stereocenters. The summed E-state index contributed by atoms with van der Waals surface area (Å²) in [6.07, 6.45) is 1.84. The van der Waals surface area contributed by atoms with Gasteiger partial charge >= 0.3 is 0 Å². The van der Waals surface area contributed by atoms with Crippen LogP contribution >= 0.6 is 24.1 Å². The first-order valence-electron chi connectivity index (χ1n) is 6.00. The molecule has 2 rings (SSSR count). The molecule has 0 aliphatic carbocycles. The van der Waals surface area contributed by atoms with Crippen molar-refractivity contribution in [2.24, 2.45) is 0 Å². The minimum atomic E-state index is 0. The Kier molecular flexibility index (Phi) is 4.77. The molecular formula is C12H19ClN4OS. The highest BCUT2D eigenvalue weighted by atomic mass is 35.5. The summed E-state index contributed by atoms with van der Waals surface area (Å²) in [6, 6.07) is 2.00. The van der Waals surface area contributed by atoms with E-state index < -0.39 is 0 Å². The fourth-order valence-electron chi connectivity index (χ4n) is 2.80. The van der Waals surface area contributed by atoms with Gasteiger partial charge in [-0.3, -0.25) is 0 Å². The number of halogens is 1. The first-order chi connectivity index (χ1) is 8.31. The molecule has 1 aromatic rings. The van der Waals surface area contributed by atoms with Gasteiger partial charge in [-0.05, 0) is 27.7 Å². The Morgan fingerprint density at radius 1 is 1.26 bits per heavy atom. The SMILES string of the molecule is CC1(C)CC(Oc2nsnc2C#N)CC(C)(C)N1.Cl. The number of hydrogen-bond donors (Lipinski definition) is 1. The van der Waals surface area contributed by atoms with Gasteiger partial charge in [0, 0.05) is 23.9 Å². The standard InChI is InChI=1S/C12H18N4OS.ClH/c1-11(2)5-8(6-12(3,4)16-11)17-10-9(7-13)14-18-15-10;/h8,16H,5-6H2,1-4H3;1H. The molecule has 1 saturated heterocycles. The lowest BCUT2D eigenvalue weighted by atomic mass is 9.81. The first kappa shape index (κ1) is 16.2. The Morgan fingerprint density at radius 3 is 2.37 bits per heavy atom. The van der Waals surface area contributed by atoms with E-state index in [0.29, 0.717) is 5.88 Å². The van der Waals surface area contributed by atoms with Crippen molar-refractivity contribution in [3.8, 4) is 11.9 Å². The lowest BCUT2D eigenvalue weighted by Gasteiger charge is -2.45. The van der Waals surface area contributed by atoms with Crippen molar-refractivity contribution in [1.29, 1.82) is 5.26 Å². The molecule has 2 heterocycles. The number of rotatable bonds is 2. The molecule has 106 valence electrons. The zero-order chi connectivity index (χ0) is 13.4. The summed E-state index contributed by atoms with van der Waals surface area (Å²) >= 11 is 1.02. The van der Waals surface area contributed by atoms with Crippen molar-refractivity contribution in [2.45, 2.75) is 57.7 Å². The van der Waals surface area contributed by atoms with Crippen molar-refractivity contribution in [3.63, 3.8) is 0 Å². The van der Waals surface area contributed by atoms with E-state index in [1.807, 2.05) is 6.07 Å². The number of nitrogens with zero attached hydrogens (tertiary/aromatic N) is 3. The van der Waals surface area contributed by atoms with Gasteiger partial charge in [-0.25, -0.2) is 0 Å². The maximum absolute atomic E-state index is 8.90. The van der Waals surface area contributed by atoms with E-state index >= 15 is 0 Å². The van der Waals surface area contributed by atoms with Gasteiger partial charge in [0.2, 0.25) is 5.69 Å². The van der Waals surface area contributed by atoms with Crippen LogP contribution in [0.4, 0.5) is 0 Å². The van der Waals surface area contributed by atoms with Gasteiger partial charge in [0.25, 0.3) is 5.88 Å². The van der Waals surface area contributed by atoms with Crippen LogP contribution in [-0.2, 0) is 0 Å². The maximum Gasteiger partial charge on any atom is 0.264 e. The minimum Gasteiger partial charge on any atom is -0.472 e. The van der Waals surface area contributed by atoms with Crippen LogP contribution in [0.3, 0.4) is 0 Å². The Morgan fingerprint density at radius 2 is 1.84 bits per heavy atom. The first-order valence-corrected chi connectivity index (χ1v) is 6.73. The molecule has 0 saturated carbocycles. The number of nitriles is 1. The highest BCUT2D eigenvalue weighted by Gasteiger charge is 2.39. The number of nitrogens with one attached hydrogen (secondary N) is 1. The van der Waals surface area contributed by atoms with Crippen LogP contribution in [0, 0.1) is 11.3 Å². The lowest BCUT2D eigenvalue weighted by molar-refractivity contribution is 0.0533. The highest BCUT2D eigenvalue weighted by Crippen LogP contribution is 2.31. The molecule has 1 aliphatic heterocycles. The summed E-state index contributed by atoms with van der Waals surface area (Å²) in [4.78, 5) is 0. The van der Waals surface area contributed by atoms with E-state index in [1.54, 1.807) is 0 Å². The second-order valence-electron chi connectivity index (χ2n) is 6.07. The predicted molar refractivity (Wildman–Crippen MR) is 76.8 cm³/mol. The van der Waals surface area contributed by atoms with E-state index in [0.717, 1.165) is 24.6 Å². The predicted octanol–water partition coefficient (Wildman–Crippen LogP) is 2.52. The Balaban J connectivity index is 0.00000180. The van der Waals surface area contributed by atoms with E-state index in [4.69, 9.17) is 10.00 Å². The summed E-state index contributed by atoms with van der Waals surface area (Å²) in [7, 11) is 0. The van der Waals surface area contributed by atoms with Crippen molar-refractivity contribution >= 4 is 24.1 Å². The van der Waals surface area contributed by atoms with Crippen LogP contribution < -0.4 is 10.1 Å². The average Bonchev–Trinajstić information content (AvgIpc) is 2.59. The van der Waals surface area contributed by atoms with Crippen molar-refractivity contribution in [2.75, 3.05) is 0 Å². The second-order valence-corrected chi connectivity index (χ2v) is 6.60. The molecule has 0 spiro atoms. The Bertz CT molecular complexity index is 464. The largest absolute Gasteiger partial charge is 0.472 e. The molecule has 0 bridgehead atoms. The van der Waals surface area contributed by atoms with Crippen LogP contribution in [0.25, 0.3) is 0 Å². The molecular weight excluding hydrogens is 284 g/mol. The number of hydrogen-bond acceptors (Lipinski definition) is 6. The maximum atomic E-state index is 8.90. The van der Waals surface area contributed by atoms with E-state index in [9.17, 15) is 0 Å². The van der Waals surface area contributed by atoms with Crippen LogP contribution in [0.5, 0.6) is 5.88 Å². The molecule has 1 aliphatic rings. The topological polar surface area (TPSA) is 70.8 Å². The Hall–Kier alpha value is -0.900. The van der Waals surface area contributed by atoms with Gasteiger partial charge in [-0.2, -0.15) is 9.64 Å². The van der Waals surface area contributed by atoms with Crippen LogP contribution in [0.15, 0.2) is 0 Å². The molecule has 5 nitrogen and oxygen atoms in total. The van der Waals surface area contributed by atoms with Gasteiger partial charge in [-0.15, -0.1) is 16.8 Å². The van der Waals surface area contributed by atoms with Crippen molar-refractivity contribution in [1.82, 2.24) is 14.1 Å². The monoisotopic (exact) mass is 302 g/mol.